The van der Waals surface area contributed by atoms with Crippen molar-refractivity contribution in [1.82, 2.24) is 4.57 Å². The van der Waals surface area contributed by atoms with Crippen LogP contribution in [-0.4, -0.2) is 22.5 Å². The number of aliphatic hydroxyl groups is 1. The molecule has 0 bridgehead atoms. The van der Waals surface area contributed by atoms with Crippen LogP contribution in [0.2, 0.25) is 0 Å². The van der Waals surface area contributed by atoms with E-state index >= 15 is 0 Å². The largest absolute Gasteiger partial charge is 1.00 e. The minimum atomic E-state index is 0. The van der Waals surface area contributed by atoms with Crippen LogP contribution in [0, 0.1) is 0 Å². The van der Waals surface area contributed by atoms with Gasteiger partial charge in [-0.25, -0.2) is 4.57 Å². The fourth-order valence-electron chi connectivity index (χ4n) is 2.14. The van der Waals surface area contributed by atoms with Crippen LogP contribution >= 0.6 is 11.3 Å². The van der Waals surface area contributed by atoms with Crippen LogP contribution in [0.5, 0.6) is 0 Å². The van der Waals surface area contributed by atoms with Crippen molar-refractivity contribution in [3.63, 3.8) is 0 Å². The molecule has 2 aromatic heterocycles. The van der Waals surface area contributed by atoms with Crippen molar-refractivity contribution in [2.45, 2.75) is 6.54 Å². The molecule has 0 fully saturated rings. The second kappa shape index (κ2) is 8.14. The molecule has 1 aromatic carbocycles. The summed E-state index contributed by atoms with van der Waals surface area (Å²) < 4.78 is 5.15. The van der Waals surface area contributed by atoms with Crippen molar-refractivity contribution in [2.75, 3.05) is 6.61 Å². The van der Waals surface area contributed by atoms with Crippen LogP contribution in [-0.2, 0) is 13.6 Å². The zero-order valence-corrected chi connectivity index (χ0v) is 15.0. The summed E-state index contributed by atoms with van der Waals surface area (Å²) in [5.74, 6) is 0. The molecule has 0 aliphatic rings. The lowest BCUT2D eigenvalue weighted by Gasteiger charge is -1.93. The van der Waals surface area contributed by atoms with Gasteiger partial charge in [-0.3, -0.25) is 0 Å². The molecule has 0 spiro atoms. The molecule has 5 nitrogen and oxygen atoms in total. The number of halogens is 1. The molecule has 0 atom stereocenters. The van der Waals surface area contributed by atoms with Gasteiger partial charge in [0.25, 0.3) is 0 Å². The number of thiazole rings is 1. The molecule has 23 heavy (non-hydrogen) atoms. The van der Waals surface area contributed by atoms with E-state index in [0.29, 0.717) is 6.54 Å². The molecular weight excluding hydrogens is 376 g/mol. The third kappa shape index (κ3) is 4.13. The van der Waals surface area contributed by atoms with E-state index in [2.05, 4.69) is 22.3 Å². The Morgan fingerprint density at radius 2 is 1.96 bits per heavy atom. The molecule has 1 N–H and O–H groups in total. The van der Waals surface area contributed by atoms with E-state index in [1.165, 1.54) is 4.70 Å². The first-order chi connectivity index (χ1) is 10.8. The van der Waals surface area contributed by atoms with Crippen LogP contribution in [0.15, 0.2) is 59.0 Å². The second-order valence-corrected chi connectivity index (χ2v) is 5.86. The number of pyridine rings is 1. The van der Waals surface area contributed by atoms with Gasteiger partial charge >= 0.3 is 0 Å². The highest BCUT2D eigenvalue weighted by Crippen LogP contribution is 2.14. The van der Waals surface area contributed by atoms with Gasteiger partial charge in [0.1, 0.15) is 6.61 Å². The van der Waals surface area contributed by atoms with Crippen molar-refractivity contribution < 1.29 is 26.7 Å². The molecule has 120 valence electrons. The molecule has 0 aliphatic carbocycles. The van der Waals surface area contributed by atoms with Crippen LogP contribution in [0.25, 0.3) is 10.2 Å². The fraction of sp³-hybridized carbons (Fsp3) is 0.188. The second-order valence-electron chi connectivity index (χ2n) is 4.85. The number of hydrogen-bond donors (Lipinski definition) is 1. The van der Waals surface area contributed by atoms with Gasteiger partial charge in [0.2, 0.25) is 4.80 Å². The highest BCUT2D eigenvalue weighted by Gasteiger charge is 2.00. The zero-order valence-electron chi connectivity index (χ0n) is 12.6. The summed E-state index contributed by atoms with van der Waals surface area (Å²) >= 11 is 1.62. The first-order valence-electron chi connectivity index (χ1n) is 6.99. The maximum absolute atomic E-state index is 8.88. The van der Waals surface area contributed by atoms with Crippen LogP contribution in [0.4, 0.5) is 0 Å². The minimum absolute atomic E-state index is 0. The highest BCUT2D eigenvalue weighted by atomic mass is 79.9. The quantitative estimate of drug-likeness (QED) is 0.326. The summed E-state index contributed by atoms with van der Waals surface area (Å²) in [5.41, 5.74) is 2.13. The molecule has 0 saturated heterocycles. The Morgan fingerprint density at radius 3 is 2.65 bits per heavy atom. The summed E-state index contributed by atoms with van der Waals surface area (Å²) in [7, 11) is 1.99. The molecule has 7 heteroatoms. The molecule has 2 heterocycles. The van der Waals surface area contributed by atoms with Gasteiger partial charge in [0, 0.05) is 24.7 Å². The third-order valence-corrected chi connectivity index (χ3v) is 4.44. The number of nitrogens with zero attached hydrogens (tertiary/aromatic N) is 4. The summed E-state index contributed by atoms with van der Waals surface area (Å²) in [6, 6.07) is 12.1. The van der Waals surface area contributed by atoms with E-state index in [-0.39, 0.29) is 23.6 Å². The van der Waals surface area contributed by atoms with Crippen molar-refractivity contribution in [3.05, 3.63) is 59.2 Å². The summed E-state index contributed by atoms with van der Waals surface area (Å²) in [5, 5.41) is 17.4. The summed E-state index contributed by atoms with van der Waals surface area (Å²) in [6.45, 7) is 0.731. The maximum Gasteiger partial charge on any atom is 0.211 e. The van der Waals surface area contributed by atoms with Gasteiger partial charge in [-0.15, -0.1) is 5.10 Å². The molecule has 0 aliphatic heterocycles. The van der Waals surface area contributed by atoms with Crippen molar-refractivity contribution in [2.24, 2.45) is 17.3 Å². The lowest BCUT2D eigenvalue weighted by Crippen LogP contribution is -3.00. The minimum Gasteiger partial charge on any atom is -1.00 e. The predicted molar refractivity (Wildman–Crippen MR) is 87.7 cm³/mol. The smallest absolute Gasteiger partial charge is 0.211 e. The van der Waals surface area contributed by atoms with Crippen LogP contribution in [0.1, 0.15) is 5.56 Å². The number of para-hydroxylation sites is 1. The molecule has 0 saturated carbocycles. The Bertz CT molecular complexity index is 868. The van der Waals surface area contributed by atoms with Crippen LogP contribution in [0.3, 0.4) is 0 Å². The summed E-state index contributed by atoms with van der Waals surface area (Å²) in [4.78, 5) is 0.865. The zero-order chi connectivity index (χ0) is 15.4. The highest BCUT2D eigenvalue weighted by molar-refractivity contribution is 7.16. The Kier molecular flexibility index (Phi) is 6.20. The lowest BCUT2D eigenvalue weighted by molar-refractivity contribution is -0.698. The summed E-state index contributed by atoms with van der Waals surface area (Å²) in [6.07, 6.45) is 5.56. The van der Waals surface area contributed by atoms with Gasteiger partial charge in [0.15, 0.2) is 18.9 Å². The average molecular weight is 393 g/mol. The van der Waals surface area contributed by atoms with E-state index in [1.54, 1.807) is 17.6 Å². The normalized spacial score (nSPS) is 12.0. The third-order valence-electron chi connectivity index (χ3n) is 3.34. The number of hydrogen-bond acceptors (Lipinski definition) is 4. The Balaban J connectivity index is 0.00000192. The van der Waals surface area contributed by atoms with Crippen molar-refractivity contribution in [1.29, 1.82) is 0 Å². The van der Waals surface area contributed by atoms with Gasteiger partial charge < -0.3 is 26.7 Å². The van der Waals surface area contributed by atoms with Gasteiger partial charge in [-0.2, -0.15) is 5.10 Å². The predicted octanol–water partition coefficient (Wildman–Crippen LogP) is -1.54. The van der Waals surface area contributed by atoms with E-state index in [0.717, 1.165) is 15.9 Å². The Labute approximate surface area is 148 Å². The first-order valence-corrected chi connectivity index (χ1v) is 7.81. The van der Waals surface area contributed by atoms with E-state index in [4.69, 9.17) is 5.11 Å². The Morgan fingerprint density at radius 1 is 1.22 bits per heavy atom. The Hall–Kier alpha value is -1.83. The standard InChI is InChI=1S/C16H17N4OS.BrH/c1-19-14-4-2-3-5-15(14)22-16(19)18-17-12-13-6-8-20(9-7-13)10-11-21;/h2-9,12,21H,10-11H2,1H3;1H/q+1;/p-1. The monoisotopic (exact) mass is 392 g/mol. The molecule has 0 unspecified atom stereocenters. The van der Waals surface area contributed by atoms with E-state index in [9.17, 15) is 0 Å². The molecular formula is C16H17BrN4OS. The van der Waals surface area contributed by atoms with Crippen molar-refractivity contribution in [3.8, 4) is 0 Å². The number of fused-ring (bicyclic) bond motifs is 1. The van der Waals surface area contributed by atoms with E-state index in [1.807, 2.05) is 52.8 Å². The van der Waals surface area contributed by atoms with Crippen molar-refractivity contribution >= 4 is 27.8 Å². The number of rotatable bonds is 4. The average Bonchev–Trinajstić information content (AvgIpc) is 2.86. The number of aromatic nitrogens is 2. The fourth-order valence-corrected chi connectivity index (χ4v) is 3.12. The molecule has 0 amide bonds. The molecule has 0 radical (unpaired) electrons. The SMILES string of the molecule is Cn1c(=NN=Cc2cc[n+](CCO)cc2)sc2ccccc21.[Br-]. The van der Waals surface area contributed by atoms with Gasteiger partial charge in [-0.1, -0.05) is 23.5 Å². The number of benzene rings is 1. The van der Waals surface area contributed by atoms with Gasteiger partial charge in [-0.05, 0) is 12.1 Å². The molecule has 3 rings (SSSR count). The van der Waals surface area contributed by atoms with E-state index < -0.39 is 0 Å². The first kappa shape index (κ1) is 17.5. The van der Waals surface area contributed by atoms with Crippen LogP contribution < -0.4 is 26.3 Å². The lowest BCUT2D eigenvalue weighted by atomic mass is 10.3. The molecule has 3 aromatic rings. The van der Waals surface area contributed by atoms with Gasteiger partial charge in [0.05, 0.1) is 16.4 Å². The number of aliphatic hydroxyl groups excluding tert-OH is 1. The topological polar surface area (TPSA) is 53.8 Å². The maximum atomic E-state index is 8.88. The number of aryl methyl sites for hydroxylation is 1.